The van der Waals surface area contributed by atoms with Crippen LogP contribution in [-0.2, 0) is 4.79 Å². The fraction of sp³-hybridized carbons (Fsp3) is 0.889. The quantitative estimate of drug-likeness (QED) is 0.550. The van der Waals surface area contributed by atoms with Gasteiger partial charge in [0.25, 0.3) is 0 Å². The number of carboxylic acids is 1. The van der Waals surface area contributed by atoms with Crippen molar-refractivity contribution in [2.24, 2.45) is 5.92 Å². The Morgan fingerprint density at radius 3 is 2.31 bits per heavy atom. The van der Waals surface area contributed by atoms with E-state index in [0.29, 0.717) is 19.3 Å². The molecular weight excluding hydrogens is 172 g/mol. The van der Waals surface area contributed by atoms with Gasteiger partial charge in [-0.05, 0) is 19.3 Å². The van der Waals surface area contributed by atoms with Gasteiger partial charge in [-0.1, -0.05) is 13.3 Å². The number of rotatable bonds is 7. The molecule has 0 aromatic heterocycles. The molecule has 0 aliphatic carbocycles. The molecule has 0 heterocycles. The summed E-state index contributed by atoms with van der Waals surface area (Å²) in [6.45, 7) is 1.61. The molecule has 0 aliphatic rings. The average molecular weight is 190 g/mol. The van der Waals surface area contributed by atoms with Gasteiger partial charge in [-0.15, -0.1) is 0 Å². The fourth-order valence-corrected chi connectivity index (χ4v) is 1.16. The lowest BCUT2D eigenvalue weighted by atomic mass is 10.0. The smallest absolute Gasteiger partial charge is 0.308 e. The van der Waals surface area contributed by atoms with Crippen LogP contribution in [0.1, 0.15) is 32.6 Å². The van der Waals surface area contributed by atoms with Crippen molar-refractivity contribution in [2.75, 3.05) is 6.61 Å². The van der Waals surface area contributed by atoms with Gasteiger partial charge in [0.2, 0.25) is 0 Å². The number of aliphatic hydroxyl groups is 2. The van der Waals surface area contributed by atoms with E-state index in [2.05, 4.69) is 0 Å². The first-order valence-electron chi connectivity index (χ1n) is 4.63. The fourth-order valence-electron chi connectivity index (χ4n) is 1.16. The highest BCUT2D eigenvalue weighted by Crippen LogP contribution is 2.11. The second-order valence-corrected chi connectivity index (χ2v) is 3.24. The lowest BCUT2D eigenvalue weighted by Gasteiger charge is -2.12. The second kappa shape index (κ2) is 6.86. The number of hydrogen-bond acceptors (Lipinski definition) is 3. The third kappa shape index (κ3) is 5.60. The molecule has 3 N–H and O–H groups in total. The zero-order valence-corrected chi connectivity index (χ0v) is 7.94. The van der Waals surface area contributed by atoms with Crippen molar-refractivity contribution in [3.63, 3.8) is 0 Å². The zero-order valence-electron chi connectivity index (χ0n) is 7.94. The summed E-state index contributed by atoms with van der Waals surface area (Å²) < 4.78 is 0. The lowest BCUT2D eigenvalue weighted by molar-refractivity contribution is -0.143. The molecule has 0 bridgehead atoms. The molecule has 4 nitrogen and oxygen atoms in total. The van der Waals surface area contributed by atoms with Crippen molar-refractivity contribution in [3.8, 4) is 0 Å². The largest absolute Gasteiger partial charge is 0.481 e. The Morgan fingerprint density at radius 2 is 1.92 bits per heavy atom. The topological polar surface area (TPSA) is 77.8 Å². The van der Waals surface area contributed by atoms with Crippen LogP contribution in [0.15, 0.2) is 0 Å². The summed E-state index contributed by atoms with van der Waals surface area (Å²) in [6.07, 6.45) is 1.94. The number of aliphatic hydroxyl groups excluding tert-OH is 2. The van der Waals surface area contributed by atoms with Crippen LogP contribution in [0.25, 0.3) is 0 Å². The Morgan fingerprint density at radius 1 is 1.31 bits per heavy atom. The van der Waals surface area contributed by atoms with E-state index in [1.54, 1.807) is 0 Å². The van der Waals surface area contributed by atoms with Crippen LogP contribution in [-0.4, -0.2) is 34.0 Å². The first kappa shape index (κ1) is 12.4. The van der Waals surface area contributed by atoms with E-state index in [1.165, 1.54) is 0 Å². The van der Waals surface area contributed by atoms with E-state index in [4.69, 9.17) is 10.2 Å². The van der Waals surface area contributed by atoms with E-state index >= 15 is 0 Å². The van der Waals surface area contributed by atoms with Crippen LogP contribution in [0.5, 0.6) is 0 Å². The maximum absolute atomic E-state index is 10.5. The molecule has 2 atom stereocenters. The van der Waals surface area contributed by atoms with Crippen LogP contribution in [0.3, 0.4) is 0 Å². The summed E-state index contributed by atoms with van der Waals surface area (Å²) in [5, 5.41) is 26.6. The summed E-state index contributed by atoms with van der Waals surface area (Å²) in [5.74, 6) is -1.72. The number of hydrogen-bond donors (Lipinski definition) is 3. The summed E-state index contributed by atoms with van der Waals surface area (Å²) >= 11 is 0. The Balaban J connectivity index is 3.65. The van der Waals surface area contributed by atoms with Gasteiger partial charge < -0.3 is 15.3 Å². The van der Waals surface area contributed by atoms with Crippen molar-refractivity contribution >= 4 is 5.97 Å². The van der Waals surface area contributed by atoms with Crippen molar-refractivity contribution in [2.45, 2.75) is 38.7 Å². The molecule has 13 heavy (non-hydrogen) atoms. The molecule has 0 amide bonds. The highest BCUT2D eigenvalue weighted by Gasteiger charge is 2.17. The van der Waals surface area contributed by atoms with Crippen molar-refractivity contribution in [1.82, 2.24) is 0 Å². The van der Waals surface area contributed by atoms with E-state index in [9.17, 15) is 9.90 Å². The standard InChI is InChI=1S/C9H18O4/c1-2-3-8(11)5-4-7(6-10)9(12)13/h7-8,10-11H,2-6H2,1H3,(H,12,13). The van der Waals surface area contributed by atoms with E-state index in [1.807, 2.05) is 6.92 Å². The lowest BCUT2D eigenvalue weighted by Crippen LogP contribution is -2.20. The Hall–Kier alpha value is -0.610. The normalized spacial score (nSPS) is 15.3. The Kier molecular flexibility index (Phi) is 6.54. The summed E-state index contributed by atoms with van der Waals surface area (Å²) in [5.41, 5.74) is 0. The SMILES string of the molecule is CCCC(O)CCC(CO)C(=O)O. The molecule has 0 saturated heterocycles. The third-order valence-corrected chi connectivity index (χ3v) is 2.04. The molecule has 0 saturated carbocycles. The Labute approximate surface area is 78.2 Å². The Bertz CT molecular complexity index is 147. The second-order valence-electron chi connectivity index (χ2n) is 3.24. The average Bonchev–Trinajstić information content (AvgIpc) is 2.05. The molecular formula is C9H18O4. The highest BCUT2D eigenvalue weighted by molar-refractivity contribution is 5.69. The molecule has 78 valence electrons. The van der Waals surface area contributed by atoms with Crippen molar-refractivity contribution in [3.05, 3.63) is 0 Å². The summed E-state index contributed by atoms with van der Waals surface area (Å²) in [6, 6.07) is 0. The van der Waals surface area contributed by atoms with Gasteiger partial charge in [-0.2, -0.15) is 0 Å². The maximum atomic E-state index is 10.5. The first-order valence-corrected chi connectivity index (χ1v) is 4.63. The van der Waals surface area contributed by atoms with Crippen molar-refractivity contribution in [1.29, 1.82) is 0 Å². The minimum Gasteiger partial charge on any atom is -0.481 e. The van der Waals surface area contributed by atoms with Gasteiger partial charge in [0.15, 0.2) is 0 Å². The molecule has 4 heteroatoms. The predicted molar refractivity (Wildman–Crippen MR) is 48.4 cm³/mol. The number of carboxylic acid groups (broad SMARTS) is 1. The molecule has 0 fully saturated rings. The van der Waals surface area contributed by atoms with Gasteiger partial charge in [0.05, 0.1) is 18.6 Å². The van der Waals surface area contributed by atoms with Crippen LogP contribution in [0.2, 0.25) is 0 Å². The predicted octanol–water partition coefficient (Wildman–Crippen LogP) is 0.621. The van der Waals surface area contributed by atoms with Gasteiger partial charge in [-0.3, -0.25) is 4.79 Å². The minimum absolute atomic E-state index is 0.340. The third-order valence-electron chi connectivity index (χ3n) is 2.04. The molecule has 0 radical (unpaired) electrons. The van der Waals surface area contributed by atoms with E-state index < -0.39 is 18.0 Å². The zero-order chi connectivity index (χ0) is 10.3. The first-order chi connectivity index (χ1) is 6.11. The minimum atomic E-state index is -0.994. The van der Waals surface area contributed by atoms with Crippen LogP contribution < -0.4 is 0 Å². The van der Waals surface area contributed by atoms with Crippen LogP contribution >= 0.6 is 0 Å². The summed E-state index contributed by atoms with van der Waals surface area (Å²) in [4.78, 5) is 10.5. The maximum Gasteiger partial charge on any atom is 0.308 e. The molecule has 2 unspecified atom stereocenters. The van der Waals surface area contributed by atoms with Gasteiger partial charge in [0.1, 0.15) is 0 Å². The van der Waals surface area contributed by atoms with Gasteiger partial charge in [-0.25, -0.2) is 0 Å². The van der Waals surface area contributed by atoms with Crippen molar-refractivity contribution < 1.29 is 20.1 Å². The molecule has 0 aromatic carbocycles. The van der Waals surface area contributed by atoms with E-state index in [0.717, 1.165) is 6.42 Å². The molecule has 0 spiro atoms. The van der Waals surface area contributed by atoms with Crippen LogP contribution in [0.4, 0.5) is 0 Å². The summed E-state index contributed by atoms with van der Waals surface area (Å²) in [7, 11) is 0. The highest BCUT2D eigenvalue weighted by atomic mass is 16.4. The molecule has 0 aromatic rings. The molecule has 0 aliphatic heterocycles. The van der Waals surface area contributed by atoms with Gasteiger partial charge >= 0.3 is 5.97 Å². The number of carbonyl (C=O) groups is 1. The monoisotopic (exact) mass is 190 g/mol. The van der Waals surface area contributed by atoms with Crippen LogP contribution in [0, 0.1) is 5.92 Å². The van der Waals surface area contributed by atoms with E-state index in [-0.39, 0.29) is 6.61 Å². The number of aliphatic carboxylic acids is 1. The molecule has 0 rings (SSSR count). The van der Waals surface area contributed by atoms with Gasteiger partial charge in [0, 0.05) is 0 Å².